The lowest BCUT2D eigenvalue weighted by atomic mass is 10.2. The summed E-state index contributed by atoms with van der Waals surface area (Å²) in [5.41, 5.74) is 0. The first-order valence-electron chi connectivity index (χ1n) is 6.62. The molecule has 0 radical (unpaired) electrons. The van der Waals surface area contributed by atoms with Gasteiger partial charge in [-0.05, 0) is 13.5 Å². The largest absolute Gasteiger partial charge is 0.354 e. The van der Waals surface area contributed by atoms with Crippen LogP contribution in [0.25, 0.3) is 0 Å². The van der Waals surface area contributed by atoms with Gasteiger partial charge >= 0.3 is 0 Å². The number of hydrogen-bond acceptors (Lipinski definition) is 7. The summed E-state index contributed by atoms with van der Waals surface area (Å²) in [6, 6.07) is -0.0507. The third-order valence-electron chi connectivity index (χ3n) is 3.29. The van der Waals surface area contributed by atoms with Crippen LogP contribution in [0.15, 0.2) is 11.2 Å². The second-order valence-corrected chi connectivity index (χ2v) is 8.32. The van der Waals surface area contributed by atoms with E-state index in [0.717, 1.165) is 5.03 Å². The lowest BCUT2D eigenvalue weighted by molar-refractivity contribution is -0.122. The van der Waals surface area contributed by atoms with Crippen molar-refractivity contribution in [2.75, 3.05) is 37.4 Å². The van der Waals surface area contributed by atoms with Crippen molar-refractivity contribution in [2.24, 2.45) is 0 Å². The lowest BCUT2D eigenvalue weighted by Gasteiger charge is -2.22. The molecule has 1 aliphatic rings. The molecule has 2 rings (SSSR count). The molecule has 118 valence electrons. The van der Waals surface area contributed by atoms with Gasteiger partial charge in [-0.3, -0.25) is 9.69 Å². The summed E-state index contributed by atoms with van der Waals surface area (Å²) in [6.07, 6.45) is 2.23. The maximum Gasteiger partial charge on any atom is 0.234 e. The molecule has 1 amide bonds. The summed E-state index contributed by atoms with van der Waals surface area (Å²) in [7, 11) is -1.13. The number of aromatic nitrogens is 3. The van der Waals surface area contributed by atoms with Crippen LogP contribution in [-0.2, 0) is 14.6 Å². The quantitative estimate of drug-likeness (QED) is 0.493. The van der Waals surface area contributed by atoms with Crippen molar-refractivity contribution in [3.8, 4) is 0 Å². The van der Waals surface area contributed by atoms with Crippen molar-refractivity contribution in [3.63, 3.8) is 0 Å². The normalized spacial score (nSPS) is 20.8. The van der Waals surface area contributed by atoms with Gasteiger partial charge in [0.2, 0.25) is 5.91 Å². The fraction of sp³-hybridized carbons (Fsp3) is 0.727. The minimum atomic E-state index is -2.91. The molecule has 8 nitrogen and oxygen atoms in total. The number of nitrogens with one attached hydrogen (secondary N) is 2. The van der Waals surface area contributed by atoms with E-state index in [0.29, 0.717) is 18.7 Å². The third-order valence-corrected chi connectivity index (χ3v) is 5.94. The van der Waals surface area contributed by atoms with Gasteiger partial charge in [0.25, 0.3) is 0 Å². The minimum Gasteiger partial charge on any atom is -0.354 e. The summed E-state index contributed by atoms with van der Waals surface area (Å²) >= 11 is 1.50. The van der Waals surface area contributed by atoms with Crippen LogP contribution in [0, 0.1) is 0 Å². The molecule has 2 heterocycles. The van der Waals surface area contributed by atoms with Gasteiger partial charge in [-0.15, -0.1) is 16.9 Å². The number of thioether (sulfide) groups is 1. The topological polar surface area (TPSA) is 108 Å². The van der Waals surface area contributed by atoms with E-state index >= 15 is 0 Å². The van der Waals surface area contributed by atoms with Gasteiger partial charge in [0, 0.05) is 18.3 Å². The maximum atomic E-state index is 11.8. The number of hydrogen-bond donors (Lipinski definition) is 2. The van der Waals surface area contributed by atoms with Crippen molar-refractivity contribution in [1.29, 1.82) is 0 Å². The van der Waals surface area contributed by atoms with Crippen LogP contribution >= 0.6 is 11.8 Å². The molecule has 0 saturated carbocycles. The molecule has 10 heteroatoms. The second kappa shape index (κ2) is 7.23. The van der Waals surface area contributed by atoms with Gasteiger partial charge < -0.3 is 5.32 Å². The molecule has 0 unspecified atom stereocenters. The number of aromatic amines is 1. The molecule has 1 aromatic rings. The van der Waals surface area contributed by atoms with E-state index in [4.69, 9.17) is 0 Å². The number of H-pyrrole nitrogens is 1. The molecule has 0 aromatic carbocycles. The maximum absolute atomic E-state index is 11.8. The zero-order valence-electron chi connectivity index (χ0n) is 11.8. The van der Waals surface area contributed by atoms with Gasteiger partial charge in [-0.2, -0.15) is 10.3 Å². The number of likely N-dealkylation sites (N-methyl/N-ethyl adjacent to an activating group) is 1. The first-order chi connectivity index (χ1) is 9.96. The van der Waals surface area contributed by atoms with Gasteiger partial charge in [0.1, 0.15) is 5.03 Å². The van der Waals surface area contributed by atoms with Crippen LogP contribution < -0.4 is 5.32 Å². The van der Waals surface area contributed by atoms with Crippen molar-refractivity contribution < 1.29 is 13.2 Å². The van der Waals surface area contributed by atoms with E-state index in [1.807, 2.05) is 4.90 Å². The highest BCUT2D eigenvalue weighted by molar-refractivity contribution is 7.99. The Hall–Kier alpha value is -1.13. The van der Waals surface area contributed by atoms with E-state index in [-0.39, 0.29) is 30.0 Å². The number of sulfone groups is 1. The Bertz CT molecular complexity index is 560. The Morgan fingerprint density at radius 2 is 2.43 bits per heavy atom. The smallest absolute Gasteiger partial charge is 0.234 e. The summed E-state index contributed by atoms with van der Waals surface area (Å²) in [4.78, 5) is 13.6. The highest BCUT2D eigenvalue weighted by atomic mass is 32.2. The van der Waals surface area contributed by atoms with Crippen LogP contribution in [0.3, 0.4) is 0 Å². The van der Waals surface area contributed by atoms with Crippen molar-refractivity contribution in [3.05, 3.63) is 6.20 Å². The van der Waals surface area contributed by atoms with Crippen molar-refractivity contribution >= 4 is 27.5 Å². The highest BCUT2D eigenvalue weighted by Crippen LogP contribution is 2.16. The monoisotopic (exact) mass is 333 g/mol. The van der Waals surface area contributed by atoms with Crippen molar-refractivity contribution in [1.82, 2.24) is 25.6 Å². The van der Waals surface area contributed by atoms with E-state index in [2.05, 4.69) is 20.7 Å². The van der Waals surface area contributed by atoms with E-state index in [1.165, 1.54) is 11.8 Å². The Morgan fingerprint density at radius 3 is 3.05 bits per heavy atom. The fourth-order valence-electron chi connectivity index (χ4n) is 2.14. The Kier molecular flexibility index (Phi) is 5.59. The summed E-state index contributed by atoms with van der Waals surface area (Å²) < 4.78 is 22.8. The molecule has 0 spiro atoms. The van der Waals surface area contributed by atoms with Crippen molar-refractivity contribution in [2.45, 2.75) is 17.5 Å². The number of carbonyl (C=O) groups excluding carboxylic acids is 1. The number of rotatable bonds is 7. The molecule has 1 saturated heterocycles. The van der Waals surface area contributed by atoms with Crippen LogP contribution in [0.1, 0.15) is 6.42 Å². The average Bonchev–Trinajstić information content (AvgIpc) is 3.04. The lowest BCUT2D eigenvalue weighted by Crippen LogP contribution is -2.41. The summed E-state index contributed by atoms with van der Waals surface area (Å²) in [5, 5.41) is 13.7. The SMILES string of the molecule is CN(CC(=O)NCCSc1cn[nH]n1)[C@@H]1CCS(=O)(=O)C1. The first-order valence-corrected chi connectivity index (χ1v) is 9.43. The van der Waals surface area contributed by atoms with Crippen LogP contribution in [0.4, 0.5) is 0 Å². The zero-order chi connectivity index (χ0) is 15.3. The van der Waals surface area contributed by atoms with Crippen LogP contribution in [0.5, 0.6) is 0 Å². The Morgan fingerprint density at radius 1 is 1.62 bits per heavy atom. The Balaban J connectivity index is 1.63. The fourth-order valence-corrected chi connectivity index (χ4v) is 4.59. The van der Waals surface area contributed by atoms with Crippen LogP contribution in [-0.4, -0.2) is 78.1 Å². The number of nitrogens with zero attached hydrogens (tertiary/aromatic N) is 3. The van der Waals surface area contributed by atoms with Crippen LogP contribution in [0.2, 0.25) is 0 Å². The molecule has 2 N–H and O–H groups in total. The predicted octanol–water partition coefficient (Wildman–Crippen LogP) is -0.868. The number of carbonyl (C=O) groups is 1. The molecule has 1 atom stereocenters. The van der Waals surface area contributed by atoms with Gasteiger partial charge in [-0.1, -0.05) is 0 Å². The molecule has 21 heavy (non-hydrogen) atoms. The molecule has 0 aliphatic carbocycles. The highest BCUT2D eigenvalue weighted by Gasteiger charge is 2.31. The molecule has 1 fully saturated rings. The van der Waals surface area contributed by atoms with Gasteiger partial charge in [0.15, 0.2) is 9.84 Å². The molecule has 1 aromatic heterocycles. The average molecular weight is 333 g/mol. The predicted molar refractivity (Wildman–Crippen MR) is 79.8 cm³/mol. The zero-order valence-corrected chi connectivity index (χ0v) is 13.4. The molecular weight excluding hydrogens is 314 g/mol. The summed E-state index contributed by atoms with van der Waals surface area (Å²) in [6.45, 7) is 0.752. The second-order valence-electron chi connectivity index (χ2n) is 4.98. The van der Waals surface area contributed by atoms with E-state index < -0.39 is 9.84 Å². The number of amides is 1. The molecular formula is C11H19N5O3S2. The first kappa shape index (κ1) is 16.2. The third kappa shape index (κ3) is 5.29. The standard InChI is InChI=1S/C11H19N5O3S2/c1-16(9-2-5-21(18,19)8-9)7-10(17)12-3-4-20-11-6-13-15-14-11/h6,9H,2-5,7-8H2,1H3,(H,12,17)(H,13,14,15)/t9-/m1/s1. The molecule has 1 aliphatic heterocycles. The van der Waals surface area contributed by atoms with E-state index in [9.17, 15) is 13.2 Å². The Labute approximate surface area is 128 Å². The molecule has 0 bridgehead atoms. The summed E-state index contributed by atoms with van der Waals surface area (Å²) in [5.74, 6) is 0.985. The minimum absolute atomic E-state index is 0.0507. The van der Waals surface area contributed by atoms with E-state index in [1.54, 1.807) is 13.2 Å². The van der Waals surface area contributed by atoms with Gasteiger partial charge in [-0.25, -0.2) is 8.42 Å². The van der Waals surface area contributed by atoms with Gasteiger partial charge in [0.05, 0.1) is 24.2 Å².